The summed E-state index contributed by atoms with van der Waals surface area (Å²) in [5.41, 5.74) is 5.25. The van der Waals surface area contributed by atoms with Gasteiger partial charge in [-0.2, -0.15) is 18.6 Å². The van der Waals surface area contributed by atoms with Gasteiger partial charge in [0.1, 0.15) is 13.8 Å². The minimum absolute atomic E-state index is 0. The van der Waals surface area contributed by atoms with Crippen molar-refractivity contribution in [3.8, 4) is 11.5 Å². The van der Waals surface area contributed by atoms with Gasteiger partial charge in [0, 0.05) is 12.2 Å². The molecule has 1 aliphatic rings. The fourth-order valence-corrected chi connectivity index (χ4v) is 3.49. The van der Waals surface area contributed by atoms with E-state index in [1.54, 1.807) is 34.0 Å². The molecule has 1 aromatic heterocycles. The first kappa shape index (κ1) is 20.9. The van der Waals surface area contributed by atoms with E-state index < -0.39 is 8.07 Å². The Kier molecular flexibility index (Phi) is 6.19. The van der Waals surface area contributed by atoms with Crippen molar-refractivity contribution in [2.24, 2.45) is 0 Å². The van der Waals surface area contributed by atoms with Crippen molar-refractivity contribution in [2.45, 2.75) is 32.6 Å². The first-order valence-corrected chi connectivity index (χ1v) is 12.3. The van der Waals surface area contributed by atoms with Crippen LogP contribution in [0.3, 0.4) is 0 Å². The molecule has 0 aliphatic carbocycles. The maximum atomic E-state index is 13.1. The standard InChI is InChI=1S/C18H19Cl2N3OSi.H2S/c1-12-11-22(14-5-6-15(19)16(20)9-14)18(24)17-13(10-21-23(12)17)7-8-25(2,3)4;/h5-6,9-10,12H,11H2,1-4H3;1H2/t12-;/m0./s1. The Morgan fingerprint density at radius 1 is 1.23 bits per heavy atom. The van der Waals surface area contributed by atoms with E-state index in [1.807, 2.05) is 6.92 Å². The molecule has 0 radical (unpaired) electrons. The van der Waals surface area contributed by atoms with Gasteiger partial charge in [-0.25, -0.2) is 0 Å². The Morgan fingerprint density at radius 2 is 1.92 bits per heavy atom. The number of halogens is 2. The molecule has 1 atom stereocenters. The van der Waals surface area contributed by atoms with E-state index in [9.17, 15) is 4.79 Å². The lowest BCUT2D eigenvalue weighted by Gasteiger charge is -2.32. The smallest absolute Gasteiger partial charge is 0.277 e. The summed E-state index contributed by atoms with van der Waals surface area (Å²) in [6.07, 6.45) is 1.69. The molecule has 0 N–H and O–H groups in total. The van der Waals surface area contributed by atoms with Crippen LogP contribution in [-0.2, 0) is 0 Å². The minimum atomic E-state index is -1.55. The second-order valence-corrected chi connectivity index (χ2v) is 12.8. The van der Waals surface area contributed by atoms with Gasteiger partial charge in [0.2, 0.25) is 0 Å². The molecule has 0 fully saturated rings. The number of hydrogen-bond acceptors (Lipinski definition) is 2. The van der Waals surface area contributed by atoms with Crippen LogP contribution in [0, 0.1) is 11.5 Å². The van der Waals surface area contributed by atoms with Crippen molar-refractivity contribution < 1.29 is 4.79 Å². The highest BCUT2D eigenvalue weighted by molar-refractivity contribution is 7.59. The topological polar surface area (TPSA) is 38.1 Å². The Morgan fingerprint density at radius 3 is 2.54 bits per heavy atom. The monoisotopic (exact) mass is 425 g/mol. The van der Waals surface area contributed by atoms with E-state index in [0.717, 1.165) is 5.69 Å². The molecule has 0 bridgehead atoms. The van der Waals surface area contributed by atoms with Crippen molar-refractivity contribution >= 4 is 56.4 Å². The van der Waals surface area contributed by atoms with Crippen LogP contribution in [-0.4, -0.2) is 30.3 Å². The molecule has 0 saturated heterocycles. The van der Waals surface area contributed by atoms with E-state index in [-0.39, 0.29) is 25.4 Å². The number of nitrogens with zero attached hydrogens (tertiary/aromatic N) is 3. The van der Waals surface area contributed by atoms with Crippen molar-refractivity contribution in [1.29, 1.82) is 0 Å². The van der Waals surface area contributed by atoms with Gasteiger partial charge >= 0.3 is 0 Å². The van der Waals surface area contributed by atoms with Crippen LogP contribution >= 0.6 is 36.7 Å². The summed E-state index contributed by atoms with van der Waals surface area (Å²) in [6.45, 7) is 9.06. The highest BCUT2D eigenvalue weighted by Crippen LogP contribution is 2.31. The molecule has 2 aromatic rings. The van der Waals surface area contributed by atoms with E-state index in [0.29, 0.717) is 27.8 Å². The van der Waals surface area contributed by atoms with Crippen LogP contribution in [0.5, 0.6) is 0 Å². The molecule has 0 saturated carbocycles. The van der Waals surface area contributed by atoms with Crippen LogP contribution in [0.1, 0.15) is 29.0 Å². The molecule has 1 aliphatic heterocycles. The zero-order chi connectivity index (χ0) is 18.4. The Balaban J connectivity index is 0.00000243. The zero-order valence-electron chi connectivity index (χ0n) is 15.1. The van der Waals surface area contributed by atoms with Gasteiger partial charge in [-0.1, -0.05) is 48.8 Å². The maximum absolute atomic E-state index is 13.1. The normalized spacial score (nSPS) is 16.5. The predicted octanol–water partition coefficient (Wildman–Crippen LogP) is 4.75. The molecule has 4 nitrogen and oxygen atoms in total. The third-order valence-corrected chi connectivity index (χ3v) is 5.51. The molecule has 1 amide bonds. The summed E-state index contributed by atoms with van der Waals surface area (Å²) < 4.78 is 1.77. The van der Waals surface area contributed by atoms with Crippen molar-refractivity contribution in [3.05, 3.63) is 45.7 Å². The van der Waals surface area contributed by atoms with Crippen molar-refractivity contribution in [2.75, 3.05) is 11.4 Å². The number of amides is 1. The fourth-order valence-electron chi connectivity index (χ4n) is 2.68. The van der Waals surface area contributed by atoms with Gasteiger partial charge in [-0.05, 0) is 25.1 Å². The highest BCUT2D eigenvalue weighted by Gasteiger charge is 2.33. The molecule has 0 spiro atoms. The highest BCUT2D eigenvalue weighted by atomic mass is 35.5. The van der Waals surface area contributed by atoms with Crippen molar-refractivity contribution in [1.82, 2.24) is 9.78 Å². The van der Waals surface area contributed by atoms with Gasteiger partial charge in [-0.3, -0.25) is 9.48 Å². The minimum Gasteiger partial charge on any atom is -0.305 e. The second kappa shape index (κ2) is 7.69. The van der Waals surface area contributed by atoms with Gasteiger partial charge in [0.25, 0.3) is 5.91 Å². The van der Waals surface area contributed by atoms with Crippen LogP contribution in [0.25, 0.3) is 0 Å². The Hall–Kier alpha value is -1.39. The van der Waals surface area contributed by atoms with Gasteiger partial charge in [-0.15, -0.1) is 5.54 Å². The average molecular weight is 426 g/mol. The van der Waals surface area contributed by atoms with Gasteiger partial charge < -0.3 is 4.90 Å². The summed E-state index contributed by atoms with van der Waals surface area (Å²) in [4.78, 5) is 14.8. The lowest BCUT2D eigenvalue weighted by atomic mass is 10.1. The molecule has 138 valence electrons. The summed E-state index contributed by atoms with van der Waals surface area (Å²) in [5, 5.41) is 5.28. The number of carbonyl (C=O) groups is 1. The molecular formula is C18H21Cl2N3OSSi. The Labute approximate surface area is 171 Å². The molecule has 2 heterocycles. The lowest BCUT2D eigenvalue weighted by Crippen LogP contribution is -2.43. The number of aromatic nitrogens is 2. The SMILES string of the molecule is C[C@H]1CN(c2ccc(Cl)c(Cl)c2)C(=O)c2c(C#C[Si](C)(C)C)cnn21.S. The number of hydrogen-bond donors (Lipinski definition) is 0. The molecule has 0 unspecified atom stereocenters. The maximum Gasteiger partial charge on any atom is 0.277 e. The fraction of sp³-hybridized carbons (Fsp3) is 0.333. The number of benzene rings is 1. The summed E-state index contributed by atoms with van der Waals surface area (Å²) in [6, 6.07) is 5.27. The number of fused-ring (bicyclic) bond motifs is 1. The number of anilines is 1. The zero-order valence-corrected chi connectivity index (χ0v) is 18.6. The third-order valence-electron chi connectivity index (χ3n) is 3.89. The molecule has 3 rings (SSSR count). The van der Waals surface area contributed by atoms with E-state index in [4.69, 9.17) is 23.2 Å². The van der Waals surface area contributed by atoms with Crippen LogP contribution in [0.15, 0.2) is 24.4 Å². The summed E-state index contributed by atoms with van der Waals surface area (Å²) in [5.74, 6) is 3.05. The second-order valence-electron chi connectivity index (χ2n) is 7.21. The van der Waals surface area contributed by atoms with Crippen LogP contribution < -0.4 is 4.90 Å². The number of carbonyl (C=O) groups excluding carboxylic acids is 1. The van der Waals surface area contributed by atoms with E-state index >= 15 is 0 Å². The van der Waals surface area contributed by atoms with Gasteiger partial charge in [0.15, 0.2) is 0 Å². The lowest BCUT2D eigenvalue weighted by molar-refractivity contribution is 0.0953. The first-order valence-electron chi connectivity index (χ1n) is 8.05. The van der Waals surface area contributed by atoms with Crippen LogP contribution in [0.2, 0.25) is 29.7 Å². The molecular weight excluding hydrogens is 405 g/mol. The summed E-state index contributed by atoms with van der Waals surface area (Å²) in [7, 11) is -1.55. The Bertz CT molecular complexity index is 911. The number of rotatable bonds is 1. The van der Waals surface area contributed by atoms with Gasteiger partial charge in [0.05, 0.1) is 27.8 Å². The van der Waals surface area contributed by atoms with Crippen molar-refractivity contribution in [3.63, 3.8) is 0 Å². The largest absolute Gasteiger partial charge is 0.305 e. The third kappa shape index (κ3) is 4.12. The van der Waals surface area contributed by atoms with E-state index in [1.165, 1.54) is 0 Å². The first-order chi connectivity index (χ1) is 11.7. The van der Waals surface area contributed by atoms with E-state index in [2.05, 4.69) is 36.2 Å². The predicted molar refractivity (Wildman–Crippen MR) is 116 cm³/mol. The average Bonchev–Trinajstić information content (AvgIpc) is 2.96. The molecule has 26 heavy (non-hydrogen) atoms. The summed E-state index contributed by atoms with van der Waals surface area (Å²) >= 11 is 12.1. The quantitative estimate of drug-likeness (QED) is 0.488. The van der Waals surface area contributed by atoms with Crippen LogP contribution in [0.4, 0.5) is 5.69 Å². The molecule has 1 aromatic carbocycles. The molecule has 8 heteroatoms.